The van der Waals surface area contributed by atoms with Crippen LogP contribution in [0.25, 0.3) is 0 Å². The molecular formula is C14H19ClN2O2. The number of carbonyl (C=O) groups excluding carboxylic acids is 1. The summed E-state index contributed by atoms with van der Waals surface area (Å²) in [5.74, 6) is 0.252. The highest BCUT2D eigenvalue weighted by Gasteiger charge is 2.24. The van der Waals surface area contributed by atoms with Gasteiger partial charge in [-0.3, -0.25) is 4.79 Å². The summed E-state index contributed by atoms with van der Waals surface area (Å²) < 4.78 is 0. The van der Waals surface area contributed by atoms with Crippen LogP contribution in [-0.4, -0.2) is 31.2 Å². The van der Waals surface area contributed by atoms with E-state index in [0.29, 0.717) is 5.02 Å². The first kappa shape index (κ1) is 14.2. The lowest BCUT2D eigenvalue weighted by Gasteiger charge is -2.33. The number of hydrogen-bond acceptors (Lipinski definition) is 3. The van der Waals surface area contributed by atoms with Gasteiger partial charge in [0.15, 0.2) is 0 Å². The highest BCUT2D eigenvalue weighted by Crippen LogP contribution is 2.27. The number of aliphatic hydroxyl groups excluding tert-OH is 1. The topological polar surface area (TPSA) is 52.6 Å². The fraction of sp³-hybridized carbons (Fsp3) is 0.500. The Morgan fingerprint density at radius 3 is 2.68 bits per heavy atom. The van der Waals surface area contributed by atoms with Crippen molar-refractivity contribution in [2.45, 2.75) is 19.4 Å². The summed E-state index contributed by atoms with van der Waals surface area (Å²) in [4.78, 5) is 13.8. The van der Waals surface area contributed by atoms with E-state index in [2.05, 4.69) is 10.2 Å². The van der Waals surface area contributed by atoms with Gasteiger partial charge in [0.2, 0.25) is 5.91 Å². The average Bonchev–Trinajstić information content (AvgIpc) is 2.46. The van der Waals surface area contributed by atoms with Gasteiger partial charge >= 0.3 is 0 Å². The fourth-order valence-corrected chi connectivity index (χ4v) is 2.70. The molecule has 1 aromatic rings. The predicted molar refractivity (Wildman–Crippen MR) is 76.4 cm³/mol. The van der Waals surface area contributed by atoms with Gasteiger partial charge in [0.1, 0.15) is 0 Å². The molecule has 0 saturated carbocycles. The maximum absolute atomic E-state index is 11.6. The van der Waals surface area contributed by atoms with E-state index in [9.17, 15) is 4.79 Å². The molecule has 1 aliphatic heterocycles. The fourth-order valence-electron chi connectivity index (χ4n) is 2.47. The smallest absolute Gasteiger partial charge is 0.222 e. The van der Waals surface area contributed by atoms with E-state index in [1.165, 1.54) is 0 Å². The van der Waals surface area contributed by atoms with Crippen LogP contribution in [0.15, 0.2) is 18.2 Å². The lowest BCUT2D eigenvalue weighted by Crippen LogP contribution is -2.39. The zero-order valence-electron chi connectivity index (χ0n) is 11.0. The molecule has 0 spiro atoms. The molecule has 2 N–H and O–H groups in total. The van der Waals surface area contributed by atoms with Crippen LogP contribution in [0.3, 0.4) is 0 Å². The van der Waals surface area contributed by atoms with Gasteiger partial charge in [0, 0.05) is 36.8 Å². The molecule has 0 aromatic heterocycles. The van der Waals surface area contributed by atoms with Gasteiger partial charge in [-0.2, -0.15) is 0 Å². The van der Waals surface area contributed by atoms with E-state index in [-0.39, 0.29) is 18.4 Å². The first-order valence-electron chi connectivity index (χ1n) is 6.51. The first-order chi connectivity index (χ1) is 9.15. The van der Waals surface area contributed by atoms with Gasteiger partial charge in [-0.1, -0.05) is 17.7 Å². The zero-order valence-corrected chi connectivity index (χ0v) is 11.8. The Labute approximate surface area is 118 Å². The number of aliphatic hydroxyl groups is 1. The molecule has 0 unspecified atom stereocenters. The number of nitrogens with one attached hydrogen (secondary N) is 1. The molecule has 1 aromatic carbocycles. The minimum Gasteiger partial charge on any atom is -0.392 e. The summed E-state index contributed by atoms with van der Waals surface area (Å²) in [6, 6.07) is 5.70. The summed E-state index contributed by atoms with van der Waals surface area (Å²) in [6.07, 6.45) is 1.72. The van der Waals surface area contributed by atoms with E-state index in [4.69, 9.17) is 16.7 Å². The Morgan fingerprint density at radius 2 is 2.16 bits per heavy atom. The minimum atomic E-state index is -0.0438. The van der Waals surface area contributed by atoms with Crippen LogP contribution in [0.4, 0.5) is 5.69 Å². The third-order valence-corrected chi connectivity index (χ3v) is 4.04. The lowest BCUT2D eigenvalue weighted by molar-refractivity contribution is -0.125. The molecule has 19 heavy (non-hydrogen) atoms. The van der Waals surface area contributed by atoms with Crippen molar-refractivity contribution in [1.29, 1.82) is 0 Å². The van der Waals surface area contributed by atoms with Crippen molar-refractivity contribution in [3.8, 4) is 0 Å². The lowest BCUT2D eigenvalue weighted by atomic mass is 9.95. The molecule has 1 amide bonds. The predicted octanol–water partition coefficient (Wildman–Crippen LogP) is 1.79. The van der Waals surface area contributed by atoms with Gasteiger partial charge in [-0.15, -0.1) is 0 Å². The molecule has 1 heterocycles. The summed E-state index contributed by atoms with van der Waals surface area (Å²) >= 11 is 6.10. The second kappa shape index (κ2) is 6.26. The molecule has 0 radical (unpaired) electrons. The van der Waals surface area contributed by atoms with Gasteiger partial charge in [-0.05, 0) is 30.5 Å². The van der Waals surface area contributed by atoms with Gasteiger partial charge in [0.05, 0.1) is 6.61 Å². The van der Waals surface area contributed by atoms with Crippen molar-refractivity contribution in [3.05, 3.63) is 28.8 Å². The van der Waals surface area contributed by atoms with Crippen LogP contribution in [0.2, 0.25) is 5.02 Å². The number of hydrogen-bond donors (Lipinski definition) is 2. The van der Waals surface area contributed by atoms with Crippen LogP contribution < -0.4 is 10.2 Å². The van der Waals surface area contributed by atoms with Crippen LogP contribution in [0, 0.1) is 5.92 Å². The highest BCUT2D eigenvalue weighted by atomic mass is 35.5. The van der Waals surface area contributed by atoms with E-state index in [0.717, 1.165) is 37.2 Å². The normalized spacial score (nSPS) is 16.5. The number of benzene rings is 1. The monoisotopic (exact) mass is 282 g/mol. The van der Waals surface area contributed by atoms with Crippen molar-refractivity contribution in [2.24, 2.45) is 5.92 Å². The van der Waals surface area contributed by atoms with Gasteiger partial charge in [0.25, 0.3) is 0 Å². The Morgan fingerprint density at radius 1 is 1.47 bits per heavy atom. The molecule has 5 heteroatoms. The minimum absolute atomic E-state index is 0.0438. The SMILES string of the molecule is CNC(=O)C1CCN(c2ccc(CO)c(Cl)c2)CC1. The Kier molecular flexibility index (Phi) is 4.66. The molecule has 4 nitrogen and oxygen atoms in total. The third kappa shape index (κ3) is 3.19. The number of anilines is 1. The molecule has 1 saturated heterocycles. The maximum atomic E-state index is 11.6. The summed E-state index contributed by atoms with van der Waals surface area (Å²) in [7, 11) is 1.68. The number of piperidine rings is 1. The van der Waals surface area contributed by atoms with Crippen LogP contribution >= 0.6 is 11.6 Å². The number of amides is 1. The van der Waals surface area contributed by atoms with Crippen molar-refractivity contribution in [3.63, 3.8) is 0 Å². The summed E-state index contributed by atoms with van der Waals surface area (Å²) in [5, 5.41) is 12.4. The molecule has 0 aliphatic carbocycles. The average molecular weight is 283 g/mol. The van der Waals surface area contributed by atoms with E-state index in [1.54, 1.807) is 7.05 Å². The van der Waals surface area contributed by atoms with Gasteiger partial charge < -0.3 is 15.3 Å². The van der Waals surface area contributed by atoms with Crippen molar-refractivity contribution in [2.75, 3.05) is 25.0 Å². The summed E-state index contributed by atoms with van der Waals surface area (Å²) in [6.45, 7) is 1.66. The molecular weight excluding hydrogens is 264 g/mol. The number of nitrogens with zero attached hydrogens (tertiary/aromatic N) is 1. The standard InChI is InChI=1S/C14H19ClN2O2/c1-16-14(19)10-4-6-17(7-5-10)12-3-2-11(9-18)13(15)8-12/h2-3,8,10,18H,4-7,9H2,1H3,(H,16,19). The maximum Gasteiger partial charge on any atom is 0.222 e. The van der Waals surface area contributed by atoms with Crippen LogP contribution in [0.1, 0.15) is 18.4 Å². The van der Waals surface area contributed by atoms with Crippen molar-refractivity contribution >= 4 is 23.2 Å². The van der Waals surface area contributed by atoms with Crippen molar-refractivity contribution < 1.29 is 9.90 Å². The second-order valence-electron chi connectivity index (χ2n) is 4.81. The molecule has 1 aliphatic rings. The first-order valence-corrected chi connectivity index (χ1v) is 6.89. The number of halogens is 1. The molecule has 0 atom stereocenters. The third-order valence-electron chi connectivity index (χ3n) is 3.68. The molecule has 2 rings (SSSR count). The highest BCUT2D eigenvalue weighted by molar-refractivity contribution is 6.31. The van der Waals surface area contributed by atoms with Crippen LogP contribution in [0.5, 0.6) is 0 Å². The number of rotatable bonds is 3. The zero-order chi connectivity index (χ0) is 13.8. The van der Waals surface area contributed by atoms with E-state index >= 15 is 0 Å². The van der Waals surface area contributed by atoms with Crippen LogP contribution in [-0.2, 0) is 11.4 Å². The molecule has 1 fully saturated rings. The van der Waals surface area contributed by atoms with E-state index < -0.39 is 0 Å². The second-order valence-corrected chi connectivity index (χ2v) is 5.22. The quantitative estimate of drug-likeness (QED) is 0.889. The number of carbonyl (C=O) groups is 1. The molecule has 104 valence electrons. The van der Waals surface area contributed by atoms with E-state index in [1.807, 2.05) is 18.2 Å². The largest absolute Gasteiger partial charge is 0.392 e. The Bertz CT molecular complexity index is 457. The molecule has 0 bridgehead atoms. The summed E-state index contributed by atoms with van der Waals surface area (Å²) in [5.41, 5.74) is 1.79. The van der Waals surface area contributed by atoms with Gasteiger partial charge in [-0.25, -0.2) is 0 Å². The Hall–Kier alpha value is -1.26. The van der Waals surface area contributed by atoms with Crippen molar-refractivity contribution in [1.82, 2.24) is 5.32 Å². The Balaban J connectivity index is 2.01.